The maximum absolute atomic E-state index is 15.6. The maximum Gasteiger partial charge on any atom is 0.273 e. The first-order valence-corrected chi connectivity index (χ1v) is 25.5. The van der Waals surface area contributed by atoms with Gasteiger partial charge >= 0.3 is 0 Å². The number of carbonyl (C=O) groups excluding carboxylic acids is 1. The van der Waals surface area contributed by atoms with E-state index in [0.717, 1.165) is 45.9 Å². The number of non-ortho nitro benzene ring substituents is 2. The summed E-state index contributed by atoms with van der Waals surface area (Å²) < 4.78 is 21.2. The number of ether oxygens (including phenoxy) is 3. The highest BCUT2D eigenvalue weighted by molar-refractivity contribution is 6.03. The predicted molar refractivity (Wildman–Crippen MR) is 286 cm³/mol. The molecule has 9 rings (SSSR count). The van der Waals surface area contributed by atoms with Crippen LogP contribution in [0.2, 0.25) is 0 Å². The standard InChI is InChI=1S/C60H60N4O11/c1-2-34-72-60-56(62(39-45-19-12-18-43-16-6-7-22-50(43)45)57(67)31-26-41-24-27-46(28-25-41)63(68)69)38-54(61-73-40-42-14-4-3-5-15-42)52-35-44(17-8-10-32-65)51(23-9-11-33-66)58(59(52)60)53-37-49(29-30-55(53)75-60)74-48-21-13-20-47(36-48)64(70)71/h2-7,12-16,18-22,24-31,35-37,44,51,56,58-59,65-66H,1,8-11,17,23,32-34,38-40H2. The topological polar surface area (TPSA) is 196 Å². The summed E-state index contributed by atoms with van der Waals surface area (Å²) in [5.74, 6) is -1.97. The first kappa shape index (κ1) is 51.9. The molecule has 0 aromatic heterocycles. The second kappa shape index (κ2) is 23.9. The molecule has 1 saturated carbocycles. The van der Waals surface area contributed by atoms with Crippen LogP contribution >= 0.6 is 0 Å². The Kier molecular flexibility index (Phi) is 16.6. The highest BCUT2D eigenvalue weighted by Gasteiger charge is 2.65. The van der Waals surface area contributed by atoms with Crippen LogP contribution in [0.25, 0.3) is 16.8 Å². The van der Waals surface area contributed by atoms with Crippen LogP contribution in [0, 0.1) is 38.0 Å². The fourth-order valence-corrected chi connectivity index (χ4v) is 11.2. The van der Waals surface area contributed by atoms with Gasteiger partial charge < -0.3 is 34.2 Å². The molecule has 15 heteroatoms. The average molecular weight is 1010 g/mol. The number of nitro groups is 2. The highest BCUT2D eigenvalue weighted by atomic mass is 16.7. The maximum atomic E-state index is 15.6. The molecular weight excluding hydrogens is 953 g/mol. The minimum Gasteiger partial charge on any atom is -0.459 e. The number of amides is 1. The molecule has 386 valence electrons. The molecule has 0 saturated heterocycles. The van der Waals surface area contributed by atoms with E-state index in [-0.39, 0.29) is 74.3 Å². The van der Waals surface area contributed by atoms with Crippen LogP contribution in [0.15, 0.2) is 175 Å². The van der Waals surface area contributed by atoms with Crippen molar-refractivity contribution in [1.82, 2.24) is 4.90 Å². The van der Waals surface area contributed by atoms with Gasteiger partial charge in [0.1, 0.15) is 29.9 Å². The fourth-order valence-electron chi connectivity index (χ4n) is 11.2. The van der Waals surface area contributed by atoms with Crippen molar-refractivity contribution in [3.05, 3.63) is 212 Å². The van der Waals surface area contributed by atoms with Gasteiger partial charge in [-0.1, -0.05) is 109 Å². The number of benzene rings is 6. The van der Waals surface area contributed by atoms with E-state index in [2.05, 4.69) is 12.7 Å². The van der Waals surface area contributed by atoms with Crippen molar-refractivity contribution in [1.29, 1.82) is 0 Å². The molecule has 75 heavy (non-hydrogen) atoms. The van der Waals surface area contributed by atoms with E-state index in [9.17, 15) is 30.4 Å². The summed E-state index contributed by atoms with van der Waals surface area (Å²) in [5, 5.41) is 50.5. The normalized spacial score (nSPS) is 21.1. The number of aliphatic hydroxyl groups is 2. The summed E-state index contributed by atoms with van der Waals surface area (Å²) in [5.41, 5.74) is 4.43. The zero-order chi connectivity index (χ0) is 52.3. The zero-order valence-corrected chi connectivity index (χ0v) is 41.5. The summed E-state index contributed by atoms with van der Waals surface area (Å²) in [6.45, 7) is 4.46. The van der Waals surface area contributed by atoms with Crippen molar-refractivity contribution in [2.75, 3.05) is 19.8 Å². The van der Waals surface area contributed by atoms with Gasteiger partial charge in [0.05, 0.1) is 34.1 Å². The Bertz CT molecular complexity index is 3100. The molecule has 2 aliphatic carbocycles. The predicted octanol–water partition coefficient (Wildman–Crippen LogP) is 12.0. The molecular formula is C60H60N4O11. The van der Waals surface area contributed by atoms with Gasteiger partial charge in [0.15, 0.2) is 0 Å². The number of aliphatic hydroxyl groups excluding tert-OH is 2. The minimum atomic E-state index is -1.61. The third-order valence-electron chi connectivity index (χ3n) is 14.6. The Hall–Kier alpha value is -7.98. The molecule has 15 nitrogen and oxygen atoms in total. The van der Waals surface area contributed by atoms with Gasteiger partial charge in [0.2, 0.25) is 11.7 Å². The summed E-state index contributed by atoms with van der Waals surface area (Å²) in [4.78, 5) is 46.1. The second-order valence-electron chi connectivity index (χ2n) is 19.2. The van der Waals surface area contributed by atoms with Gasteiger partial charge in [0.25, 0.3) is 11.4 Å². The first-order valence-electron chi connectivity index (χ1n) is 25.5. The van der Waals surface area contributed by atoms with Gasteiger partial charge in [-0.3, -0.25) is 25.0 Å². The Morgan fingerprint density at radius 1 is 0.813 bits per heavy atom. The van der Waals surface area contributed by atoms with E-state index < -0.39 is 33.5 Å². The number of allylic oxidation sites excluding steroid dienone is 1. The van der Waals surface area contributed by atoms with E-state index in [4.69, 9.17) is 24.2 Å². The van der Waals surface area contributed by atoms with Gasteiger partial charge in [-0.05, 0) is 113 Å². The Balaban J connectivity index is 1.26. The Morgan fingerprint density at radius 3 is 2.29 bits per heavy atom. The monoisotopic (exact) mass is 1010 g/mol. The molecule has 6 unspecified atom stereocenters. The van der Waals surface area contributed by atoms with E-state index in [1.165, 1.54) is 30.3 Å². The van der Waals surface area contributed by atoms with Crippen molar-refractivity contribution in [2.45, 2.75) is 75.8 Å². The summed E-state index contributed by atoms with van der Waals surface area (Å²) in [7, 11) is 0. The molecule has 1 fully saturated rings. The van der Waals surface area contributed by atoms with E-state index in [1.807, 2.05) is 84.9 Å². The third kappa shape index (κ3) is 11.6. The number of rotatable bonds is 23. The minimum absolute atomic E-state index is 0.0145. The number of carbonyl (C=O) groups is 1. The van der Waals surface area contributed by atoms with Crippen molar-refractivity contribution >= 4 is 39.8 Å². The molecule has 1 aliphatic heterocycles. The molecule has 2 N–H and O–H groups in total. The number of hydrogen-bond donors (Lipinski definition) is 2. The van der Waals surface area contributed by atoms with Crippen LogP contribution in [0.3, 0.4) is 0 Å². The lowest BCUT2D eigenvalue weighted by Crippen LogP contribution is -2.70. The second-order valence-corrected chi connectivity index (χ2v) is 19.2. The molecule has 6 aromatic rings. The number of nitro benzene ring substituents is 2. The smallest absolute Gasteiger partial charge is 0.273 e. The van der Waals surface area contributed by atoms with Gasteiger partial charge in [-0.25, -0.2) is 0 Å². The zero-order valence-electron chi connectivity index (χ0n) is 41.5. The molecule has 0 bridgehead atoms. The van der Waals surface area contributed by atoms with Crippen molar-refractivity contribution in [3.8, 4) is 17.2 Å². The fraction of sp³-hybridized carbons (Fsp3) is 0.300. The summed E-state index contributed by atoms with van der Waals surface area (Å²) >= 11 is 0. The average Bonchev–Trinajstić information content (AvgIpc) is 3.43. The lowest BCUT2D eigenvalue weighted by molar-refractivity contribution is -0.385. The first-order chi connectivity index (χ1) is 36.6. The Morgan fingerprint density at radius 2 is 1.53 bits per heavy atom. The quantitative estimate of drug-likeness (QED) is 0.0204. The van der Waals surface area contributed by atoms with Gasteiger partial charge in [-0.2, -0.15) is 0 Å². The number of unbranched alkanes of at least 4 members (excludes halogenated alkanes) is 2. The molecule has 1 amide bonds. The Labute approximate surface area is 435 Å². The van der Waals surface area contributed by atoms with Crippen molar-refractivity contribution in [3.63, 3.8) is 0 Å². The van der Waals surface area contributed by atoms with Crippen molar-refractivity contribution in [2.24, 2.45) is 22.9 Å². The number of nitrogens with zero attached hydrogens (tertiary/aromatic N) is 4. The molecule has 3 aliphatic rings. The molecule has 6 aromatic carbocycles. The molecule has 0 radical (unpaired) electrons. The highest BCUT2D eigenvalue weighted by Crippen LogP contribution is 2.62. The van der Waals surface area contributed by atoms with E-state index >= 15 is 4.79 Å². The van der Waals surface area contributed by atoms with Crippen LogP contribution in [-0.2, 0) is 27.5 Å². The van der Waals surface area contributed by atoms with Gasteiger partial charge in [0, 0.05) is 61.9 Å². The van der Waals surface area contributed by atoms with Crippen LogP contribution in [0.1, 0.15) is 73.1 Å². The summed E-state index contributed by atoms with van der Waals surface area (Å²) in [6, 6.07) is 40.3. The molecule has 6 atom stereocenters. The lowest BCUT2D eigenvalue weighted by atomic mass is 9.55. The summed E-state index contributed by atoms with van der Waals surface area (Å²) in [6.07, 6.45) is 11.2. The van der Waals surface area contributed by atoms with E-state index in [0.29, 0.717) is 48.5 Å². The number of hydrogen-bond acceptors (Lipinski definition) is 12. The number of fused-ring (bicyclic) bond motifs is 3. The van der Waals surface area contributed by atoms with E-state index in [1.54, 1.807) is 47.4 Å². The number of oxime groups is 1. The SMILES string of the molecule is C=CCOC12Oc3ccc(Oc4cccc([N+](=O)[O-])c4)cc3C3C(CCCCO)C(CCCCO)C=C(C(=NOCc4ccccc4)CC1N(Cc1cccc4ccccc14)C(=O)C=Cc1ccc([N+](=O)[O-])cc1)C32. The molecule has 0 spiro atoms. The third-order valence-corrected chi connectivity index (χ3v) is 14.6. The van der Waals surface area contributed by atoms with Crippen LogP contribution < -0.4 is 9.47 Å². The lowest BCUT2D eigenvalue weighted by Gasteiger charge is -2.60. The molecule has 1 heterocycles. The van der Waals surface area contributed by atoms with Crippen molar-refractivity contribution < 1.29 is 43.9 Å². The largest absolute Gasteiger partial charge is 0.459 e. The van der Waals surface area contributed by atoms with Crippen LogP contribution in [0.4, 0.5) is 11.4 Å². The van der Waals surface area contributed by atoms with Gasteiger partial charge in [-0.15, -0.1) is 6.58 Å². The van der Waals surface area contributed by atoms with Crippen LogP contribution in [0.5, 0.6) is 17.2 Å². The van der Waals surface area contributed by atoms with Crippen LogP contribution in [-0.4, -0.2) is 68.2 Å².